The van der Waals surface area contributed by atoms with Gasteiger partial charge in [0.25, 0.3) is 0 Å². The number of piperidine rings is 1. The molecule has 0 unspecified atom stereocenters. The van der Waals surface area contributed by atoms with Crippen LogP contribution in [0.5, 0.6) is 0 Å². The number of carbonyl (C=O) groups is 1. The molecule has 2 rings (SSSR count). The summed E-state index contributed by atoms with van der Waals surface area (Å²) in [7, 11) is 2.19. The van der Waals surface area contributed by atoms with Crippen molar-refractivity contribution < 1.29 is 4.79 Å². The highest BCUT2D eigenvalue weighted by Gasteiger charge is 2.16. The Labute approximate surface area is 147 Å². The average molecular weight is 331 g/mol. The number of hydrogen-bond acceptors (Lipinski definition) is 2. The molecule has 1 aliphatic heterocycles. The third kappa shape index (κ3) is 6.27. The lowest BCUT2D eigenvalue weighted by Crippen LogP contribution is -2.32. The summed E-state index contributed by atoms with van der Waals surface area (Å²) in [6, 6.07) is 8.69. The average Bonchev–Trinajstić information content (AvgIpc) is 2.54. The summed E-state index contributed by atoms with van der Waals surface area (Å²) in [6.45, 7) is 9.89. The van der Waals surface area contributed by atoms with Crippen molar-refractivity contribution in [2.45, 2.75) is 58.3 Å². The summed E-state index contributed by atoms with van der Waals surface area (Å²) >= 11 is 0. The van der Waals surface area contributed by atoms with E-state index in [2.05, 4.69) is 62.3 Å². The molecule has 0 atom stereocenters. The predicted octanol–water partition coefficient (Wildman–Crippen LogP) is 3.76. The topological polar surface area (TPSA) is 32.3 Å². The first-order valence-corrected chi connectivity index (χ1v) is 9.39. The molecule has 134 valence electrons. The Morgan fingerprint density at radius 2 is 1.79 bits per heavy atom. The van der Waals surface area contributed by atoms with Crippen LogP contribution in [-0.2, 0) is 16.6 Å². The molecular weight excluding hydrogens is 296 g/mol. The van der Waals surface area contributed by atoms with Gasteiger partial charge in [-0.2, -0.15) is 0 Å². The summed E-state index contributed by atoms with van der Waals surface area (Å²) in [4.78, 5) is 14.4. The molecule has 1 aromatic rings. The van der Waals surface area contributed by atoms with Crippen LogP contribution in [0.1, 0.15) is 57.6 Å². The van der Waals surface area contributed by atoms with Gasteiger partial charge in [-0.05, 0) is 68.3 Å². The lowest BCUT2D eigenvalue weighted by atomic mass is 9.86. The number of carbonyl (C=O) groups excluding carboxylic acids is 1. The number of likely N-dealkylation sites (tertiary alicyclic amines) is 1. The van der Waals surface area contributed by atoms with Crippen LogP contribution in [0, 0.1) is 5.92 Å². The first kappa shape index (κ1) is 19.0. The van der Waals surface area contributed by atoms with Gasteiger partial charge in [0, 0.05) is 13.0 Å². The van der Waals surface area contributed by atoms with E-state index < -0.39 is 0 Å². The Bertz CT molecular complexity index is 508. The van der Waals surface area contributed by atoms with Gasteiger partial charge in [0.05, 0.1) is 0 Å². The van der Waals surface area contributed by atoms with Crippen LogP contribution in [-0.4, -0.2) is 37.5 Å². The van der Waals surface area contributed by atoms with E-state index in [4.69, 9.17) is 0 Å². The SMILES string of the molecule is CN1CCC(CCNC(=O)CCc2ccc(C(C)(C)C)cc2)CC1. The lowest BCUT2D eigenvalue weighted by Gasteiger charge is -2.28. The summed E-state index contributed by atoms with van der Waals surface area (Å²) in [5.74, 6) is 0.967. The molecule has 1 fully saturated rings. The highest BCUT2D eigenvalue weighted by atomic mass is 16.1. The van der Waals surface area contributed by atoms with E-state index in [0.29, 0.717) is 6.42 Å². The van der Waals surface area contributed by atoms with Gasteiger partial charge in [0.15, 0.2) is 0 Å². The minimum absolute atomic E-state index is 0.183. The van der Waals surface area contributed by atoms with Gasteiger partial charge in [-0.15, -0.1) is 0 Å². The van der Waals surface area contributed by atoms with Crippen LogP contribution in [0.3, 0.4) is 0 Å². The lowest BCUT2D eigenvalue weighted by molar-refractivity contribution is -0.121. The van der Waals surface area contributed by atoms with Crippen LogP contribution in [0.4, 0.5) is 0 Å². The summed E-state index contributed by atoms with van der Waals surface area (Å²) in [6.07, 6.45) is 5.08. The zero-order valence-electron chi connectivity index (χ0n) is 15.9. The molecule has 3 heteroatoms. The Kier molecular flexibility index (Phi) is 6.85. The number of amides is 1. The summed E-state index contributed by atoms with van der Waals surface area (Å²) < 4.78 is 0. The summed E-state index contributed by atoms with van der Waals surface area (Å²) in [5.41, 5.74) is 2.77. The van der Waals surface area contributed by atoms with Crippen molar-refractivity contribution in [3.8, 4) is 0 Å². The predicted molar refractivity (Wildman–Crippen MR) is 101 cm³/mol. The van der Waals surface area contributed by atoms with Crippen molar-refractivity contribution in [1.29, 1.82) is 0 Å². The molecule has 1 saturated heterocycles. The van der Waals surface area contributed by atoms with Crippen LogP contribution >= 0.6 is 0 Å². The maximum atomic E-state index is 12.0. The number of rotatable bonds is 6. The quantitative estimate of drug-likeness (QED) is 0.861. The number of nitrogens with one attached hydrogen (secondary N) is 1. The van der Waals surface area contributed by atoms with E-state index in [1.54, 1.807) is 0 Å². The van der Waals surface area contributed by atoms with E-state index in [1.165, 1.54) is 37.1 Å². The second-order valence-corrected chi connectivity index (χ2v) is 8.33. The Morgan fingerprint density at radius 1 is 1.17 bits per heavy atom. The van der Waals surface area contributed by atoms with Crippen LogP contribution in [0.2, 0.25) is 0 Å². The van der Waals surface area contributed by atoms with Crippen molar-refractivity contribution in [1.82, 2.24) is 10.2 Å². The highest BCUT2D eigenvalue weighted by molar-refractivity contribution is 5.76. The molecule has 1 aliphatic rings. The molecule has 1 amide bonds. The van der Waals surface area contributed by atoms with Gasteiger partial charge >= 0.3 is 0 Å². The van der Waals surface area contributed by atoms with Crippen LogP contribution in [0.25, 0.3) is 0 Å². The maximum absolute atomic E-state index is 12.0. The second kappa shape index (κ2) is 8.66. The van der Waals surface area contributed by atoms with Crippen molar-refractivity contribution in [3.63, 3.8) is 0 Å². The van der Waals surface area contributed by atoms with Crippen molar-refractivity contribution in [2.75, 3.05) is 26.7 Å². The molecule has 3 nitrogen and oxygen atoms in total. The normalized spacial score (nSPS) is 17.0. The monoisotopic (exact) mass is 330 g/mol. The third-order valence-electron chi connectivity index (χ3n) is 5.17. The molecule has 0 saturated carbocycles. The fourth-order valence-electron chi connectivity index (χ4n) is 3.28. The minimum atomic E-state index is 0.183. The van der Waals surface area contributed by atoms with Crippen molar-refractivity contribution in [3.05, 3.63) is 35.4 Å². The Hall–Kier alpha value is -1.35. The van der Waals surface area contributed by atoms with E-state index in [1.807, 2.05) is 0 Å². The zero-order chi connectivity index (χ0) is 17.6. The van der Waals surface area contributed by atoms with Gasteiger partial charge in [0.2, 0.25) is 5.91 Å². The van der Waals surface area contributed by atoms with Gasteiger partial charge in [-0.1, -0.05) is 45.0 Å². The maximum Gasteiger partial charge on any atom is 0.220 e. The van der Waals surface area contributed by atoms with E-state index in [9.17, 15) is 4.79 Å². The molecular formula is C21H34N2O. The smallest absolute Gasteiger partial charge is 0.220 e. The number of hydrogen-bond donors (Lipinski definition) is 1. The van der Waals surface area contributed by atoms with E-state index in [-0.39, 0.29) is 11.3 Å². The van der Waals surface area contributed by atoms with Crippen molar-refractivity contribution >= 4 is 5.91 Å². The van der Waals surface area contributed by atoms with E-state index >= 15 is 0 Å². The zero-order valence-corrected chi connectivity index (χ0v) is 15.9. The summed E-state index contributed by atoms with van der Waals surface area (Å²) in [5, 5.41) is 3.09. The Morgan fingerprint density at radius 3 is 2.38 bits per heavy atom. The standard InChI is InChI=1S/C21H34N2O/c1-21(2,3)19-8-5-17(6-9-19)7-10-20(24)22-14-11-18-12-15-23(4)16-13-18/h5-6,8-9,18H,7,10-16H2,1-4H3,(H,22,24). The van der Waals surface area contributed by atoms with Crippen LogP contribution < -0.4 is 5.32 Å². The number of benzene rings is 1. The molecule has 1 aromatic carbocycles. The van der Waals surface area contributed by atoms with Gasteiger partial charge in [0.1, 0.15) is 0 Å². The first-order chi connectivity index (χ1) is 11.3. The molecule has 24 heavy (non-hydrogen) atoms. The van der Waals surface area contributed by atoms with Gasteiger partial charge < -0.3 is 10.2 Å². The van der Waals surface area contributed by atoms with Crippen LogP contribution in [0.15, 0.2) is 24.3 Å². The molecule has 0 aliphatic carbocycles. The van der Waals surface area contributed by atoms with E-state index in [0.717, 1.165) is 25.3 Å². The fourth-order valence-corrected chi connectivity index (χ4v) is 3.28. The van der Waals surface area contributed by atoms with Gasteiger partial charge in [-0.3, -0.25) is 4.79 Å². The Balaban J connectivity index is 1.64. The fraction of sp³-hybridized carbons (Fsp3) is 0.667. The van der Waals surface area contributed by atoms with Crippen molar-refractivity contribution in [2.24, 2.45) is 5.92 Å². The second-order valence-electron chi connectivity index (χ2n) is 8.33. The molecule has 0 bridgehead atoms. The first-order valence-electron chi connectivity index (χ1n) is 9.39. The molecule has 0 radical (unpaired) electrons. The largest absolute Gasteiger partial charge is 0.356 e. The minimum Gasteiger partial charge on any atom is -0.356 e. The third-order valence-corrected chi connectivity index (χ3v) is 5.17. The molecule has 1 N–H and O–H groups in total. The number of nitrogens with zero attached hydrogens (tertiary/aromatic N) is 1. The molecule has 0 aromatic heterocycles. The molecule has 0 spiro atoms. The highest BCUT2D eigenvalue weighted by Crippen LogP contribution is 2.22. The number of aryl methyl sites for hydroxylation is 1. The van der Waals surface area contributed by atoms with Gasteiger partial charge in [-0.25, -0.2) is 0 Å². The molecule has 1 heterocycles.